The zero-order valence-corrected chi connectivity index (χ0v) is 17.8. The van der Waals surface area contributed by atoms with Crippen molar-refractivity contribution in [1.29, 1.82) is 0 Å². The van der Waals surface area contributed by atoms with Gasteiger partial charge in [-0.15, -0.1) is 11.8 Å². The summed E-state index contributed by atoms with van der Waals surface area (Å²) in [5, 5.41) is 2.86. The predicted molar refractivity (Wildman–Crippen MR) is 119 cm³/mol. The van der Waals surface area contributed by atoms with Gasteiger partial charge in [-0.05, 0) is 53.4 Å². The van der Waals surface area contributed by atoms with Crippen LogP contribution in [0, 0.1) is 0 Å². The molecule has 1 fully saturated rings. The number of nitrogens with zero attached hydrogens (tertiary/aromatic N) is 1. The molecular formula is C24H24N2O3S. The number of hydrogen-bond donors (Lipinski definition) is 1. The Labute approximate surface area is 180 Å². The molecule has 3 aromatic rings. The summed E-state index contributed by atoms with van der Waals surface area (Å²) in [5.41, 5.74) is 3.59. The van der Waals surface area contributed by atoms with Gasteiger partial charge in [0.1, 0.15) is 11.1 Å². The molecule has 2 amide bonds. The van der Waals surface area contributed by atoms with Crippen LogP contribution in [0.2, 0.25) is 0 Å². The van der Waals surface area contributed by atoms with Gasteiger partial charge in [-0.1, -0.05) is 38.1 Å². The number of nitrogens with one attached hydrogen (secondary N) is 1. The van der Waals surface area contributed by atoms with E-state index in [9.17, 15) is 9.59 Å². The predicted octanol–water partition coefficient (Wildman–Crippen LogP) is 5.43. The van der Waals surface area contributed by atoms with E-state index in [0.717, 1.165) is 17.0 Å². The number of benzene rings is 2. The second-order valence-electron chi connectivity index (χ2n) is 7.62. The maximum atomic E-state index is 12.6. The Hall–Kier alpha value is -2.99. The maximum absolute atomic E-state index is 12.6. The van der Waals surface area contributed by atoms with Crippen LogP contribution < -0.4 is 5.32 Å². The lowest BCUT2D eigenvalue weighted by Crippen LogP contribution is -2.27. The first kappa shape index (κ1) is 20.3. The molecule has 2 heterocycles. The molecule has 1 saturated heterocycles. The Bertz CT molecular complexity index is 1010. The van der Waals surface area contributed by atoms with Crippen molar-refractivity contribution in [2.45, 2.75) is 31.7 Å². The molecule has 2 aromatic carbocycles. The van der Waals surface area contributed by atoms with Crippen LogP contribution >= 0.6 is 11.8 Å². The SMILES string of the molecule is CC(C)c1ccc(NC(=O)c2ccc(C3SCC(=O)N3Cc3ccco3)cc2)cc1. The standard InChI is InChI=1S/C24H24N2O3S/c1-16(2)17-9-11-20(12-10-17)25-23(28)18-5-7-19(8-6-18)24-26(22(27)15-30-24)14-21-4-3-13-29-21/h3-13,16,24H,14-15H2,1-2H3,(H,25,28). The first-order valence-electron chi connectivity index (χ1n) is 9.96. The lowest BCUT2D eigenvalue weighted by molar-refractivity contribution is -0.128. The van der Waals surface area contributed by atoms with E-state index >= 15 is 0 Å². The van der Waals surface area contributed by atoms with Gasteiger partial charge in [-0.2, -0.15) is 0 Å². The highest BCUT2D eigenvalue weighted by molar-refractivity contribution is 8.00. The summed E-state index contributed by atoms with van der Waals surface area (Å²) >= 11 is 1.59. The van der Waals surface area contributed by atoms with Crippen molar-refractivity contribution in [1.82, 2.24) is 4.90 Å². The van der Waals surface area contributed by atoms with Gasteiger partial charge in [0.2, 0.25) is 5.91 Å². The highest BCUT2D eigenvalue weighted by Crippen LogP contribution is 2.39. The fraction of sp³-hybridized carbons (Fsp3) is 0.250. The van der Waals surface area contributed by atoms with Crippen LogP contribution in [0.4, 0.5) is 5.69 Å². The monoisotopic (exact) mass is 420 g/mol. The molecule has 0 bridgehead atoms. The van der Waals surface area contributed by atoms with Crippen molar-refractivity contribution in [2.75, 3.05) is 11.1 Å². The van der Waals surface area contributed by atoms with Gasteiger partial charge in [0, 0.05) is 11.3 Å². The molecule has 6 heteroatoms. The van der Waals surface area contributed by atoms with Crippen molar-refractivity contribution < 1.29 is 14.0 Å². The first-order valence-corrected chi connectivity index (χ1v) is 11.0. The minimum Gasteiger partial charge on any atom is -0.467 e. The second kappa shape index (κ2) is 8.79. The van der Waals surface area contributed by atoms with Crippen molar-refractivity contribution in [3.63, 3.8) is 0 Å². The van der Waals surface area contributed by atoms with Crippen LogP contribution in [-0.4, -0.2) is 22.5 Å². The van der Waals surface area contributed by atoms with Crippen LogP contribution in [0.1, 0.15) is 52.4 Å². The number of thioether (sulfide) groups is 1. The number of amides is 2. The summed E-state index contributed by atoms with van der Waals surface area (Å²) in [6.45, 7) is 4.72. The summed E-state index contributed by atoms with van der Waals surface area (Å²) in [4.78, 5) is 26.7. The largest absolute Gasteiger partial charge is 0.467 e. The topological polar surface area (TPSA) is 62.6 Å². The number of carbonyl (C=O) groups excluding carboxylic acids is 2. The normalized spacial score (nSPS) is 16.3. The fourth-order valence-corrected chi connectivity index (χ4v) is 4.61. The minimum atomic E-state index is -0.151. The lowest BCUT2D eigenvalue weighted by Gasteiger charge is -2.23. The Morgan fingerprint density at radius 3 is 2.50 bits per heavy atom. The molecule has 1 N–H and O–H groups in total. The first-order chi connectivity index (χ1) is 14.5. The Morgan fingerprint density at radius 2 is 1.87 bits per heavy atom. The van der Waals surface area contributed by atoms with Crippen molar-refractivity contribution in [2.24, 2.45) is 0 Å². The average molecular weight is 421 g/mol. The van der Waals surface area contributed by atoms with Crippen molar-refractivity contribution in [3.8, 4) is 0 Å². The summed E-state index contributed by atoms with van der Waals surface area (Å²) < 4.78 is 5.40. The molecule has 0 radical (unpaired) electrons. The van der Waals surface area contributed by atoms with Gasteiger partial charge in [0.15, 0.2) is 0 Å². The third kappa shape index (κ3) is 4.44. The molecule has 5 nitrogen and oxygen atoms in total. The Balaban J connectivity index is 1.44. The van der Waals surface area contributed by atoms with Crippen LogP contribution in [0.15, 0.2) is 71.3 Å². The average Bonchev–Trinajstić information content (AvgIpc) is 3.39. The van der Waals surface area contributed by atoms with Gasteiger partial charge >= 0.3 is 0 Å². The quantitative estimate of drug-likeness (QED) is 0.578. The van der Waals surface area contributed by atoms with Gasteiger partial charge < -0.3 is 14.6 Å². The number of hydrogen-bond acceptors (Lipinski definition) is 4. The molecule has 1 aliphatic rings. The van der Waals surface area contributed by atoms with E-state index in [1.165, 1.54) is 5.56 Å². The van der Waals surface area contributed by atoms with Crippen LogP contribution in [0.5, 0.6) is 0 Å². The lowest BCUT2D eigenvalue weighted by atomic mass is 10.0. The molecule has 1 aromatic heterocycles. The van der Waals surface area contributed by atoms with Gasteiger partial charge in [-0.25, -0.2) is 0 Å². The maximum Gasteiger partial charge on any atom is 0.255 e. The molecule has 1 unspecified atom stereocenters. The molecule has 30 heavy (non-hydrogen) atoms. The summed E-state index contributed by atoms with van der Waals surface area (Å²) in [6.07, 6.45) is 1.61. The number of carbonyl (C=O) groups is 2. The smallest absolute Gasteiger partial charge is 0.255 e. The Kier molecular flexibility index (Phi) is 5.95. The summed E-state index contributed by atoms with van der Waals surface area (Å²) in [5.74, 6) is 1.60. The van der Waals surface area contributed by atoms with E-state index in [1.54, 1.807) is 18.0 Å². The number of rotatable bonds is 6. The van der Waals surface area contributed by atoms with Crippen LogP contribution in [0.3, 0.4) is 0 Å². The third-order valence-electron chi connectivity index (χ3n) is 5.17. The highest BCUT2D eigenvalue weighted by atomic mass is 32.2. The fourth-order valence-electron chi connectivity index (χ4n) is 3.43. The molecule has 0 spiro atoms. The van der Waals surface area contributed by atoms with E-state index in [0.29, 0.717) is 23.8 Å². The second-order valence-corrected chi connectivity index (χ2v) is 8.69. The van der Waals surface area contributed by atoms with E-state index in [1.807, 2.05) is 65.6 Å². The van der Waals surface area contributed by atoms with E-state index in [4.69, 9.17) is 4.42 Å². The zero-order chi connectivity index (χ0) is 21.1. The van der Waals surface area contributed by atoms with Gasteiger partial charge in [0.05, 0.1) is 18.6 Å². The summed E-state index contributed by atoms with van der Waals surface area (Å²) in [7, 11) is 0. The Morgan fingerprint density at radius 1 is 1.13 bits per heavy atom. The van der Waals surface area contributed by atoms with Gasteiger partial charge in [-0.3, -0.25) is 9.59 Å². The van der Waals surface area contributed by atoms with Crippen LogP contribution in [0.25, 0.3) is 0 Å². The zero-order valence-electron chi connectivity index (χ0n) is 17.0. The molecule has 0 saturated carbocycles. The molecule has 1 aliphatic heterocycles. The molecule has 4 rings (SSSR count). The van der Waals surface area contributed by atoms with E-state index in [-0.39, 0.29) is 17.2 Å². The van der Waals surface area contributed by atoms with E-state index in [2.05, 4.69) is 19.2 Å². The molecule has 0 aliphatic carbocycles. The van der Waals surface area contributed by atoms with Crippen molar-refractivity contribution >= 4 is 29.3 Å². The molecule has 154 valence electrons. The number of furan rings is 1. The number of anilines is 1. The van der Waals surface area contributed by atoms with E-state index < -0.39 is 0 Å². The molecule has 1 atom stereocenters. The van der Waals surface area contributed by atoms with Gasteiger partial charge in [0.25, 0.3) is 5.91 Å². The minimum absolute atomic E-state index is 0.0803. The third-order valence-corrected chi connectivity index (χ3v) is 6.42. The van der Waals surface area contributed by atoms with Crippen molar-refractivity contribution in [3.05, 3.63) is 89.4 Å². The van der Waals surface area contributed by atoms with Crippen LogP contribution in [-0.2, 0) is 11.3 Å². The molecular weight excluding hydrogens is 396 g/mol. The highest BCUT2D eigenvalue weighted by Gasteiger charge is 2.33. The summed E-state index contributed by atoms with van der Waals surface area (Å²) in [6, 6.07) is 19.1.